The summed E-state index contributed by atoms with van der Waals surface area (Å²) in [4.78, 5) is 22.7. The number of carbonyl (C=O) groups is 1. The van der Waals surface area contributed by atoms with Gasteiger partial charge in [0.15, 0.2) is 0 Å². The molecule has 170 valence electrons. The Bertz CT molecular complexity index is 1490. The van der Waals surface area contributed by atoms with Crippen LogP contribution in [0.4, 0.5) is 17.2 Å². The van der Waals surface area contributed by atoms with E-state index in [1.165, 1.54) is 23.1 Å². The van der Waals surface area contributed by atoms with Gasteiger partial charge in [0.1, 0.15) is 28.5 Å². The van der Waals surface area contributed by atoms with Gasteiger partial charge in [0.25, 0.3) is 0 Å². The van der Waals surface area contributed by atoms with Gasteiger partial charge in [-0.1, -0.05) is 53.9 Å². The summed E-state index contributed by atoms with van der Waals surface area (Å²) >= 11 is 4.22. The number of amides is 1. The predicted octanol–water partition coefficient (Wildman–Crippen LogP) is 6.45. The van der Waals surface area contributed by atoms with Crippen molar-refractivity contribution in [3.8, 4) is 22.6 Å². The van der Waals surface area contributed by atoms with Crippen molar-refractivity contribution < 1.29 is 4.79 Å². The van der Waals surface area contributed by atoms with Crippen molar-refractivity contribution in [3.05, 3.63) is 77.2 Å². The van der Waals surface area contributed by atoms with Crippen LogP contribution >= 0.6 is 34.9 Å². The number of nitriles is 2. The lowest BCUT2D eigenvalue weighted by molar-refractivity contribution is -0.117. The molecule has 1 aliphatic rings. The van der Waals surface area contributed by atoms with Crippen LogP contribution in [0.25, 0.3) is 10.4 Å². The van der Waals surface area contributed by atoms with Crippen LogP contribution in [0.5, 0.6) is 0 Å². The Balaban J connectivity index is 1.56. The summed E-state index contributed by atoms with van der Waals surface area (Å²) in [5.74, 6) is -0.0939. The molecule has 0 bridgehead atoms. The van der Waals surface area contributed by atoms with Crippen molar-refractivity contribution in [2.24, 2.45) is 0 Å². The van der Waals surface area contributed by atoms with E-state index in [9.17, 15) is 15.3 Å². The quantitative estimate of drug-likeness (QED) is 0.314. The molecule has 2 aromatic heterocycles. The third-order valence-corrected chi connectivity index (χ3v) is 8.56. The molecular formula is C26H17N5OS3. The first-order chi connectivity index (χ1) is 17.0. The van der Waals surface area contributed by atoms with Crippen molar-refractivity contribution in [2.75, 3.05) is 10.6 Å². The molecule has 1 amide bonds. The molecule has 1 aliphatic heterocycles. The normalized spacial score (nSPS) is 12.7. The molecule has 3 heterocycles. The highest BCUT2D eigenvalue weighted by Crippen LogP contribution is 2.49. The van der Waals surface area contributed by atoms with Gasteiger partial charge in [-0.25, -0.2) is 4.98 Å². The van der Waals surface area contributed by atoms with Gasteiger partial charge >= 0.3 is 0 Å². The van der Waals surface area contributed by atoms with E-state index in [2.05, 4.69) is 17.1 Å². The van der Waals surface area contributed by atoms with Crippen molar-refractivity contribution in [2.45, 2.75) is 27.0 Å². The smallest absolute Gasteiger partial charge is 0.244 e. The van der Waals surface area contributed by atoms with Gasteiger partial charge in [-0.2, -0.15) is 10.5 Å². The van der Waals surface area contributed by atoms with Crippen LogP contribution in [-0.2, 0) is 4.79 Å². The Hall–Kier alpha value is -3.76. The fraction of sp³-hybridized carbons (Fsp3) is 0.0769. The molecule has 4 aromatic rings. The molecule has 9 heteroatoms. The zero-order valence-electron chi connectivity index (χ0n) is 18.4. The number of rotatable bonds is 4. The van der Waals surface area contributed by atoms with E-state index in [0.29, 0.717) is 10.6 Å². The number of anilines is 3. The number of para-hydroxylation sites is 2. The number of pyridine rings is 1. The van der Waals surface area contributed by atoms with Crippen LogP contribution in [0.2, 0.25) is 0 Å². The summed E-state index contributed by atoms with van der Waals surface area (Å²) in [6.45, 7) is 1.79. The number of aromatic nitrogens is 1. The van der Waals surface area contributed by atoms with Crippen molar-refractivity contribution in [3.63, 3.8) is 0 Å². The molecule has 2 N–H and O–H groups in total. The lowest BCUT2D eigenvalue weighted by atomic mass is 10.0. The van der Waals surface area contributed by atoms with Gasteiger partial charge in [-0.05, 0) is 42.6 Å². The summed E-state index contributed by atoms with van der Waals surface area (Å²) in [5, 5.41) is 21.3. The molecule has 1 atom stereocenters. The first kappa shape index (κ1) is 23.0. The number of nitrogens with zero attached hydrogens (tertiary/aromatic N) is 4. The maximum atomic E-state index is 13.9. The van der Waals surface area contributed by atoms with E-state index < -0.39 is 5.25 Å². The Morgan fingerprint density at radius 2 is 1.63 bits per heavy atom. The SMILES string of the molecule is CC(Sc1nc(N)c(C#N)c(-c2cccs2)c1C#N)C(=O)N1c2ccccc2Sc2ccccc21. The highest BCUT2D eigenvalue weighted by molar-refractivity contribution is 8.00. The second-order valence-corrected chi connectivity index (χ2v) is 11.0. The Labute approximate surface area is 215 Å². The first-order valence-electron chi connectivity index (χ1n) is 10.6. The Kier molecular flexibility index (Phi) is 6.23. The van der Waals surface area contributed by atoms with Gasteiger partial charge in [-0.3, -0.25) is 9.69 Å². The van der Waals surface area contributed by atoms with Crippen LogP contribution in [0.15, 0.2) is 80.9 Å². The molecule has 0 fully saturated rings. The van der Waals surface area contributed by atoms with Gasteiger partial charge in [0.05, 0.1) is 22.2 Å². The summed E-state index contributed by atoms with van der Waals surface area (Å²) in [5.41, 5.74) is 8.65. The van der Waals surface area contributed by atoms with Crippen LogP contribution in [-0.4, -0.2) is 16.1 Å². The summed E-state index contributed by atoms with van der Waals surface area (Å²) in [7, 11) is 0. The molecule has 2 aromatic carbocycles. The summed E-state index contributed by atoms with van der Waals surface area (Å²) < 4.78 is 0. The van der Waals surface area contributed by atoms with E-state index in [0.717, 1.165) is 26.0 Å². The maximum absolute atomic E-state index is 13.9. The lowest BCUT2D eigenvalue weighted by Crippen LogP contribution is -2.34. The summed E-state index contributed by atoms with van der Waals surface area (Å²) in [6, 6.07) is 23.6. The number of hydrogen-bond acceptors (Lipinski definition) is 8. The van der Waals surface area contributed by atoms with Crippen LogP contribution < -0.4 is 10.6 Å². The maximum Gasteiger partial charge on any atom is 0.244 e. The Morgan fingerprint density at radius 3 is 2.20 bits per heavy atom. The van der Waals surface area contributed by atoms with E-state index in [-0.39, 0.29) is 22.9 Å². The first-order valence-corrected chi connectivity index (χ1v) is 13.1. The molecule has 0 radical (unpaired) electrons. The number of benzene rings is 2. The molecule has 5 rings (SSSR count). The lowest BCUT2D eigenvalue weighted by Gasteiger charge is -2.32. The molecule has 35 heavy (non-hydrogen) atoms. The molecule has 0 aliphatic carbocycles. The Morgan fingerprint density at radius 1 is 1.00 bits per heavy atom. The third-order valence-electron chi connectivity index (χ3n) is 5.47. The van der Waals surface area contributed by atoms with Crippen molar-refractivity contribution in [1.29, 1.82) is 10.5 Å². The monoisotopic (exact) mass is 511 g/mol. The average molecular weight is 512 g/mol. The van der Waals surface area contributed by atoms with Gasteiger partial charge in [-0.15, -0.1) is 11.3 Å². The standard InChI is InChI=1S/C26H17N5OS3/c1-15(26(32)31-18-7-2-4-9-20(18)35-21-10-5-3-8-19(21)31)34-25-17(14-28)23(22-11-6-12-33-22)16(13-27)24(29)30-25/h2-12,15H,1H3,(H2,29,30). The fourth-order valence-corrected chi connectivity index (χ4v) is 6.69. The molecule has 0 saturated heterocycles. The molecule has 1 unspecified atom stereocenters. The van der Waals surface area contributed by atoms with Crippen LogP contribution in [0.3, 0.4) is 0 Å². The number of nitrogens with two attached hydrogens (primary N) is 1. The molecule has 6 nitrogen and oxygen atoms in total. The molecule has 0 saturated carbocycles. The number of carbonyl (C=O) groups excluding carboxylic acids is 1. The topological polar surface area (TPSA) is 107 Å². The highest BCUT2D eigenvalue weighted by atomic mass is 32.2. The average Bonchev–Trinajstić information content (AvgIpc) is 3.41. The molecular weight excluding hydrogens is 495 g/mol. The number of nitrogen functional groups attached to an aromatic ring is 1. The number of thioether (sulfide) groups is 1. The zero-order chi connectivity index (χ0) is 24.5. The fourth-order valence-electron chi connectivity index (χ4n) is 3.89. The second-order valence-electron chi connectivity index (χ2n) is 7.60. The second kappa shape index (κ2) is 9.47. The van der Waals surface area contributed by atoms with Crippen LogP contribution in [0, 0.1) is 22.7 Å². The van der Waals surface area contributed by atoms with Crippen molar-refractivity contribution >= 4 is 58.0 Å². The third kappa shape index (κ3) is 4.04. The largest absolute Gasteiger partial charge is 0.383 e. The summed E-state index contributed by atoms with van der Waals surface area (Å²) in [6.07, 6.45) is 0. The number of hydrogen-bond donors (Lipinski definition) is 1. The highest BCUT2D eigenvalue weighted by Gasteiger charge is 2.32. The van der Waals surface area contributed by atoms with Gasteiger partial charge in [0, 0.05) is 20.2 Å². The minimum atomic E-state index is -0.581. The minimum absolute atomic E-state index is 0.0436. The van der Waals surface area contributed by atoms with Gasteiger partial charge in [0.2, 0.25) is 5.91 Å². The number of fused-ring (bicyclic) bond motifs is 2. The predicted molar refractivity (Wildman–Crippen MR) is 141 cm³/mol. The zero-order valence-corrected chi connectivity index (χ0v) is 20.9. The van der Waals surface area contributed by atoms with E-state index in [1.54, 1.807) is 23.6 Å². The van der Waals surface area contributed by atoms with Crippen molar-refractivity contribution in [1.82, 2.24) is 4.98 Å². The van der Waals surface area contributed by atoms with E-state index >= 15 is 0 Å². The minimum Gasteiger partial charge on any atom is -0.383 e. The molecule has 0 spiro atoms. The van der Waals surface area contributed by atoms with E-state index in [4.69, 9.17) is 5.73 Å². The van der Waals surface area contributed by atoms with E-state index in [1.807, 2.05) is 66.0 Å². The van der Waals surface area contributed by atoms with Crippen LogP contribution in [0.1, 0.15) is 18.1 Å². The van der Waals surface area contributed by atoms with Gasteiger partial charge < -0.3 is 5.73 Å². The number of thiophene rings is 1.